The molecule has 0 atom stereocenters. The van der Waals surface area contributed by atoms with E-state index in [0.717, 1.165) is 19.1 Å². The standard InChI is InChI=1S/C14H22O/c1-4-13(5-2)10-15-11-14-8-6-12(3)7-9-14/h6-9,13H,4-5,10-11H2,1-3H3. The van der Waals surface area contributed by atoms with Crippen molar-refractivity contribution in [2.75, 3.05) is 6.61 Å². The largest absolute Gasteiger partial charge is 0.376 e. The van der Waals surface area contributed by atoms with Crippen molar-refractivity contribution in [3.8, 4) is 0 Å². The second-order valence-corrected chi connectivity index (χ2v) is 4.18. The summed E-state index contributed by atoms with van der Waals surface area (Å²) in [5.74, 6) is 0.718. The Morgan fingerprint density at radius 1 is 1.07 bits per heavy atom. The van der Waals surface area contributed by atoms with Crippen LogP contribution in [0.1, 0.15) is 37.8 Å². The quantitative estimate of drug-likeness (QED) is 0.685. The van der Waals surface area contributed by atoms with Crippen molar-refractivity contribution in [2.45, 2.75) is 40.2 Å². The van der Waals surface area contributed by atoms with Crippen LogP contribution in [0.3, 0.4) is 0 Å². The van der Waals surface area contributed by atoms with Crippen LogP contribution < -0.4 is 0 Å². The number of rotatable bonds is 6. The second-order valence-electron chi connectivity index (χ2n) is 4.18. The summed E-state index contributed by atoms with van der Waals surface area (Å²) in [5, 5.41) is 0. The van der Waals surface area contributed by atoms with E-state index in [0.29, 0.717) is 0 Å². The number of ether oxygens (including phenoxy) is 1. The predicted molar refractivity (Wildman–Crippen MR) is 64.9 cm³/mol. The molecule has 0 radical (unpaired) electrons. The minimum atomic E-state index is 0.718. The highest BCUT2D eigenvalue weighted by Gasteiger charge is 2.02. The number of aryl methyl sites for hydroxylation is 1. The van der Waals surface area contributed by atoms with Crippen LogP contribution in [0.15, 0.2) is 24.3 Å². The highest BCUT2D eigenvalue weighted by molar-refractivity contribution is 5.20. The van der Waals surface area contributed by atoms with Gasteiger partial charge in [0.1, 0.15) is 0 Å². The third-order valence-electron chi connectivity index (χ3n) is 2.90. The zero-order valence-electron chi connectivity index (χ0n) is 10.1. The Hall–Kier alpha value is -0.820. The molecule has 0 aliphatic heterocycles. The van der Waals surface area contributed by atoms with E-state index >= 15 is 0 Å². The Kier molecular flexibility index (Phi) is 5.41. The van der Waals surface area contributed by atoms with E-state index in [-0.39, 0.29) is 0 Å². The van der Waals surface area contributed by atoms with Gasteiger partial charge in [-0.05, 0) is 18.4 Å². The molecule has 0 saturated heterocycles. The monoisotopic (exact) mass is 206 g/mol. The van der Waals surface area contributed by atoms with Gasteiger partial charge in [0, 0.05) is 6.61 Å². The van der Waals surface area contributed by atoms with Gasteiger partial charge in [-0.2, -0.15) is 0 Å². The first kappa shape index (κ1) is 12.3. The first-order valence-corrected chi connectivity index (χ1v) is 5.89. The molecule has 1 heteroatoms. The van der Waals surface area contributed by atoms with Crippen molar-refractivity contribution in [3.63, 3.8) is 0 Å². The lowest BCUT2D eigenvalue weighted by molar-refractivity contribution is 0.0843. The molecule has 1 aromatic rings. The minimum Gasteiger partial charge on any atom is -0.376 e. The highest BCUT2D eigenvalue weighted by atomic mass is 16.5. The summed E-state index contributed by atoms with van der Waals surface area (Å²) >= 11 is 0. The van der Waals surface area contributed by atoms with E-state index in [4.69, 9.17) is 4.74 Å². The molecule has 1 rings (SSSR count). The number of hydrogen-bond donors (Lipinski definition) is 0. The zero-order valence-corrected chi connectivity index (χ0v) is 10.1. The molecule has 0 bridgehead atoms. The average molecular weight is 206 g/mol. The highest BCUT2D eigenvalue weighted by Crippen LogP contribution is 2.10. The van der Waals surface area contributed by atoms with E-state index < -0.39 is 0 Å². The zero-order chi connectivity index (χ0) is 11.1. The van der Waals surface area contributed by atoms with Gasteiger partial charge in [0.05, 0.1) is 6.61 Å². The van der Waals surface area contributed by atoms with E-state index in [9.17, 15) is 0 Å². The van der Waals surface area contributed by atoms with Crippen LogP contribution in [0, 0.1) is 12.8 Å². The summed E-state index contributed by atoms with van der Waals surface area (Å²) in [6, 6.07) is 8.55. The van der Waals surface area contributed by atoms with Crippen molar-refractivity contribution in [1.82, 2.24) is 0 Å². The predicted octanol–water partition coefficient (Wildman–Crippen LogP) is 3.95. The molecular weight excluding hydrogens is 184 g/mol. The lowest BCUT2D eigenvalue weighted by atomic mass is 10.1. The molecule has 0 aromatic heterocycles. The SMILES string of the molecule is CCC(CC)COCc1ccc(C)cc1. The number of benzene rings is 1. The Balaban J connectivity index is 2.28. The first-order valence-electron chi connectivity index (χ1n) is 5.89. The van der Waals surface area contributed by atoms with E-state index in [2.05, 4.69) is 45.0 Å². The fourth-order valence-electron chi connectivity index (χ4n) is 1.55. The normalized spacial score (nSPS) is 10.9. The van der Waals surface area contributed by atoms with Crippen molar-refractivity contribution < 1.29 is 4.74 Å². The summed E-state index contributed by atoms with van der Waals surface area (Å²) in [6.45, 7) is 8.19. The molecule has 15 heavy (non-hydrogen) atoms. The average Bonchev–Trinajstić information content (AvgIpc) is 2.27. The smallest absolute Gasteiger partial charge is 0.0717 e. The Morgan fingerprint density at radius 3 is 2.20 bits per heavy atom. The van der Waals surface area contributed by atoms with Crippen LogP contribution in [0.4, 0.5) is 0 Å². The molecule has 0 heterocycles. The van der Waals surface area contributed by atoms with Crippen LogP contribution in [-0.4, -0.2) is 6.61 Å². The van der Waals surface area contributed by atoms with Crippen molar-refractivity contribution in [2.24, 2.45) is 5.92 Å². The van der Waals surface area contributed by atoms with Gasteiger partial charge in [0.15, 0.2) is 0 Å². The van der Waals surface area contributed by atoms with Crippen molar-refractivity contribution in [1.29, 1.82) is 0 Å². The van der Waals surface area contributed by atoms with Gasteiger partial charge in [-0.15, -0.1) is 0 Å². The molecule has 0 fully saturated rings. The summed E-state index contributed by atoms with van der Waals surface area (Å²) in [5.41, 5.74) is 2.57. The summed E-state index contributed by atoms with van der Waals surface area (Å²) in [6.07, 6.45) is 2.43. The molecule has 84 valence electrons. The van der Waals surface area contributed by atoms with Crippen molar-refractivity contribution in [3.05, 3.63) is 35.4 Å². The molecule has 1 nitrogen and oxygen atoms in total. The summed E-state index contributed by atoms with van der Waals surface area (Å²) < 4.78 is 5.70. The second kappa shape index (κ2) is 6.62. The Labute approximate surface area is 93.5 Å². The lowest BCUT2D eigenvalue weighted by Crippen LogP contribution is -2.07. The first-order chi connectivity index (χ1) is 7.26. The Morgan fingerprint density at radius 2 is 1.67 bits per heavy atom. The molecular formula is C14H22O. The fraction of sp³-hybridized carbons (Fsp3) is 0.571. The van der Waals surface area contributed by atoms with Gasteiger partial charge in [-0.3, -0.25) is 0 Å². The molecule has 0 aliphatic carbocycles. The van der Waals surface area contributed by atoms with Crippen LogP contribution in [0.5, 0.6) is 0 Å². The molecule has 0 amide bonds. The van der Waals surface area contributed by atoms with E-state index in [1.54, 1.807) is 0 Å². The third kappa shape index (κ3) is 4.48. The topological polar surface area (TPSA) is 9.23 Å². The van der Waals surface area contributed by atoms with Crippen LogP contribution in [0.25, 0.3) is 0 Å². The number of hydrogen-bond acceptors (Lipinski definition) is 1. The van der Waals surface area contributed by atoms with Gasteiger partial charge in [-0.25, -0.2) is 0 Å². The maximum Gasteiger partial charge on any atom is 0.0717 e. The van der Waals surface area contributed by atoms with Gasteiger partial charge in [0.25, 0.3) is 0 Å². The van der Waals surface area contributed by atoms with Crippen LogP contribution in [0.2, 0.25) is 0 Å². The molecule has 0 N–H and O–H groups in total. The lowest BCUT2D eigenvalue weighted by Gasteiger charge is -2.12. The molecule has 0 saturated carbocycles. The van der Waals surface area contributed by atoms with Gasteiger partial charge < -0.3 is 4.74 Å². The molecule has 0 unspecified atom stereocenters. The third-order valence-corrected chi connectivity index (χ3v) is 2.90. The summed E-state index contributed by atoms with van der Waals surface area (Å²) in [4.78, 5) is 0. The minimum absolute atomic E-state index is 0.718. The van der Waals surface area contributed by atoms with Crippen LogP contribution in [-0.2, 0) is 11.3 Å². The Bertz CT molecular complexity index is 259. The maximum atomic E-state index is 5.70. The van der Waals surface area contributed by atoms with E-state index in [1.807, 2.05) is 0 Å². The fourth-order valence-corrected chi connectivity index (χ4v) is 1.55. The molecule has 0 spiro atoms. The van der Waals surface area contributed by atoms with Gasteiger partial charge in [-0.1, -0.05) is 56.5 Å². The molecule has 0 aliphatic rings. The van der Waals surface area contributed by atoms with Gasteiger partial charge >= 0.3 is 0 Å². The van der Waals surface area contributed by atoms with Crippen LogP contribution >= 0.6 is 0 Å². The van der Waals surface area contributed by atoms with Gasteiger partial charge in [0.2, 0.25) is 0 Å². The van der Waals surface area contributed by atoms with Crippen molar-refractivity contribution >= 4 is 0 Å². The molecule has 1 aromatic carbocycles. The summed E-state index contributed by atoms with van der Waals surface area (Å²) in [7, 11) is 0. The maximum absolute atomic E-state index is 5.70. The van der Waals surface area contributed by atoms with E-state index in [1.165, 1.54) is 24.0 Å².